The van der Waals surface area contributed by atoms with Crippen LogP contribution in [0.25, 0.3) is 0 Å². The molecule has 4 heteroatoms. The van der Waals surface area contributed by atoms with Crippen molar-refractivity contribution in [3.8, 4) is 0 Å². The first-order chi connectivity index (χ1) is 6.34. The molecule has 0 radical (unpaired) electrons. The highest BCUT2D eigenvalue weighted by molar-refractivity contribution is 5.73. The molecule has 0 bridgehead atoms. The number of nitrogens with zero attached hydrogens (tertiary/aromatic N) is 2. The van der Waals surface area contributed by atoms with Crippen LogP contribution in [-0.4, -0.2) is 43.2 Å². The zero-order valence-corrected chi connectivity index (χ0v) is 7.91. The average Bonchev–Trinajstić information content (AvgIpc) is 2.53. The summed E-state index contributed by atoms with van der Waals surface area (Å²) in [6.07, 6.45) is 4.23. The van der Waals surface area contributed by atoms with Crippen molar-refractivity contribution >= 4 is 6.02 Å². The van der Waals surface area contributed by atoms with Crippen LogP contribution in [0.3, 0.4) is 0 Å². The van der Waals surface area contributed by atoms with Crippen molar-refractivity contribution in [3.05, 3.63) is 0 Å². The second kappa shape index (κ2) is 3.96. The first-order valence-corrected chi connectivity index (χ1v) is 5.03. The summed E-state index contributed by atoms with van der Waals surface area (Å²) in [7, 11) is 0. The summed E-state index contributed by atoms with van der Waals surface area (Å²) in [6, 6.07) is 0.363. The highest BCUT2D eigenvalue weighted by Crippen LogP contribution is 2.11. The Hall–Kier alpha value is -0.770. The number of rotatable bonds is 2. The van der Waals surface area contributed by atoms with E-state index in [1.807, 2.05) is 0 Å². The molecule has 0 saturated carbocycles. The fraction of sp³-hybridized carbons (Fsp3) is 0.889. The Bertz CT molecular complexity index is 199. The van der Waals surface area contributed by atoms with Crippen LogP contribution in [0.1, 0.15) is 19.3 Å². The van der Waals surface area contributed by atoms with Gasteiger partial charge < -0.3 is 10.5 Å². The number of likely N-dealkylation sites (tertiary alicyclic amines) is 1. The van der Waals surface area contributed by atoms with Crippen LogP contribution in [0.5, 0.6) is 0 Å². The van der Waals surface area contributed by atoms with E-state index in [9.17, 15) is 0 Å². The largest absolute Gasteiger partial charge is 0.459 e. The second-order valence-corrected chi connectivity index (χ2v) is 3.78. The number of hydrogen-bond acceptors (Lipinski definition) is 4. The van der Waals surface area contributed by atoms with Crippen LogP contribution in [0, 0.1) is 0 Å². The molecule has 0 amide bonds. The van der Waals surface area contributed by atoms with E-state index in [0.717, 1.165) is 13.1 Å². The summed E-state index contributed by atoms with van der Waals surface area (Å²) >= 11 is 0. The summed E-state index contributed by atoms with van der Waals surface area (Å²) < 4.78 is 5.35. The minimum absolute atomic E-state index is 0.207. The molecule has 2 rings (SSSR count). The van der Waals surface area contributed by atoms with Gasteiger partial charge in [0.15, 0.2) is 0 Å². The quantitative estimate of drug-likeness (QED) is 0.664. The minimum atomic E-state index is 0.207. The van der Waals surface area contributed by atoms with Crippen molar-refractivity contribution in [2.75, 3.05) is 26.2 Å². The van der Waals surface area contributed by atoms with E-state index in [-0.39, 0.29) is 6.10 Å². The minimum Gasteiger partial charge on any atom is -0.459 e. The molecule has 0 aliphatic carbocycles. The Morgan fingerprint density at radius 2 is 2.15 bits per heavy atom. The molecule has 1 saturated heterocycles. The monoisotopic (exact) mass is 183 g/mol. The van der Waals surface area contributed by atoms with Crippen LogP contribution >= 0.6 is 0 Å². The summed E-state index contributed by atoms with van der Waals surface area (Å²) in [6.45, 7) is 4.14. The zero-order chi connectivity index (χ0) is 9.10. The van der Waals surface area contributed by atoms with Crippen LogP contribution in [-0.2, 0) is 4.74 Å². The third-order valence-corrected chi connectivity index (χ3v) is 2.65. The molecule has 0 spiro atoms. The van der Waals surface area contributed by atoms with E-state index in [1.165, 1.54) is 32.4 Å². The molecule has 2 aliphatic rings. The molecule has 2 N–H and O–H groups in total. The molecule has 2 heterocycles. The van der Waals surface area contributed by atoms with Gasteiger partial charge in [0, 0.05) is 6.54 Å². The first kappa shape index (κ1) is 8.81. The van der Waals surface area contributed by atoms with Gasteiger partial charge in [0.2, 0.25) is 0 Å². The molecular weight excluding hydrogens is 166 g/mol. The van der Waals surface area contributed by atoms with E-state index in [2.05, 4.69) is 9.89 Å². The first-order valence-electron chi connectivity index (χ1n) is 5.03. The van der Waals surface area contributed by atoms with Gasteiger partial charge >= 0.3 is 0 Å². The van der Waals surface area contributed by atoms with Crippen molar-refractivity contribution < 1.29 is 4.74 Å². The van der Waals surface area contributed by atoms with Crippen molar-refractivity contribution in [1.29, 1.82) is 0 Å². The van der Waals surface area contributed by atoms with Gasteiger partial charge in [0.25, 0.3) is 6.02 Å². The standard InChI is InChI=1S/C9H17N3O/c10-9-11-6-8(13-9)7-12-4-2-1-3-5-12/h8H,1-7H2,(H2,10,11)/t8-/m1/s1. The van der Waals surface area contributed by atoms with Gasteiger partial charge in [-0.3, -0.25) is 4.90 Å². The van der Waals surface area contributed by atoms with Gasteiger partial charge in [-0.2, -0.15) is 0 Å². The maximum atomic E-state index is 5.44. The van der Waals surface area contributed by atoms with Gasteiger partial charge in [-0.25, -0.2) is 4.99 Å². The van der Waals surface area contributed by atoms with Crippen molar-refractivity contribution in [3.63, 3.8) is 0 Å². The number of piperidine rings is 1. The number of hydrogen-bond donors (Lipinski definition) is 1. The lowest BCUT2D eigenvalue weighted by Crippen LogP contribution is -2.38. The van der Waals surface area contributed by atoms with Crippen LogP contribution in [0.4, 0.5) is 0 Å². The number of amidine groups is 1. The summed E-state index contributed by atoms with van der Waals surface area (Å²) in [5, 5.41) is 0. The molecule has 1 fully saturated rings. The maximum absolute atomic E-state index is 5.44. The van der Waals surface area contributed by atoms with E-state index in [0.29, 0.717) is 6.02 Å². The van der Waals surface area contributed by atoms with E-state index < -0.39 is 0 Å². The predicted molar refractivity (Wildman–Crippen MR) is 51.7 cm³/mol. The molecule has 0 aromatic carbocycles. The Morgan fingerprint density at radius 3 is 2.77 bits per heavy atom. The molecule has 0 unspecified atom stereocenters. The zero-order valence-electron chi connectivity index (χ0n) is 7.91. The Morgan fingerprint density at radius 1 is 1.38 bits per heavy atom. The Kier molecular flexibility index (Phi) is 2.68. The Labute approximate surface area is 78.8 Å². The highest BCUT2D eigenvalue weighted by Gasteiger charge is 2.21. The summed E-state index contributed by atoms with van der Waals surface area (Å²) in [4.78, 5) is 6.48. The van der Waals surface area contributed by atoms with Gasteiger partial charge in [-0.15, -0.1) is 0 Å². The normalized spacial score (nSPS) is 29.8. The van der Waals surface area contributed by atoms with Crippen molar-refractivity contribution in [2.45, 2.75) is 25.4 Å². The molecule has 0 aromatic heterocycles. The van der Waals surface area contributed by atoms with Gasteiger partial charge in [0.1, 0.15) is 6.10 Å². The molecule has 4 nitrogen and oxygen atoms in total. The van der Waals surface area contributed by atoms with E-state index in [1.54, 1.807) is 0 Å². The lowest BCUT2D eigenvalue weighted by Gasteiger charge is -2.28. The second-order valence-electron chi connectivity index (χ2n) is 3.78. The van der Waals surface area contributed by atoms with E-state index in [4.69, 9.17) is 10.5 Å². The van der Waals surface area contributed by atoms with E-state index >= 15 is 0 Å². The van der Waals surface area contributed by atoms with Crippen LogP contribution in [0.2, 0.25) is 0 Å². The van der Waals surface area contributed by atoms with Crippen LogP contribution in [0.15, 0.2) is 4.99 Å². The Balaban J connectivity index is 1.72. The van der Waals surface area contributed by atoms with Gasteiger partial charge in [-0.1, -0.05) is 6.42 Å². The van der Waals surface area contributed by atoms with Gasteiger partial charge in [-0.05, 0) is 25.9 Å². The van der Waals surface area contributed by atoms with Crippen molar-refractivity contribution in [1.82, 2.24) is 4.90 Å². The van der Waals surface area contributed by atoms with Crippen LogP contribution < -0.4 is 5.73 Å². The molecule has 1 atom stereocenters. The SMILES string of the molecule is NC1=NC[C@H](CN2CCCCC2)O1. The van der Waals surface area contributed by atoms with Crippen molar-refractivity contribution in [2.24, 2.45) is 10.7 Å². The third kappa shape index (κ3) is 2.34. The molecule has 0 aromatic rings. The molecule has 74 valence electrons. The fourth-order valence-corrected chi connectivity index (χ4v) is 1.96. The molecule has 2 aliphatic heterocycles. The maximum Gasteiger partial charge on any atom is 0.282 e. The summed E-state index contributed by atoms with van der Waals surface area (Å²) in [5.74, 6) is 0. The lowest BCUT2D eigenvalue weighted by molar-refractivity contribution is 0.129. The number of aliphatic imine (C=N–C) groups is 1. The topological polar surface area (TPSA) is 50.8 Å². The molecular formula is C9H17N3O. The number of nitrogens with two attached hydrogens (primary N) is 1. The predicted octanol–water partition coefficient (Wildman–Crippen LogP) is 0.186. The summed E-state index contributed by atoms with van der Waals surface area (Å²) in [5.41, 5.74) is 5.44. The van der Waals surface area contributed by atoms with Gasteiger partial charge in [0.05, 0.1) is 6.54 Å². The third-order valence-electron chi connectivity index (χ3n) is 2.65. The average molecular weight is 183 g/mol. The lowest BCUT2D eigenvalue weighted by atomic mass is 10.1. The smallest absolute Gasteiger partial charge is 0.282 e. The highest BCUT2D eigenvalue weighted by atomic mass is 16.5. The fourth-order valence-electron chi connectivity index (χ4n) is 1.96. The number of ether oxygens (including phenoxy) is 1. The molecule has 13 heavy (non-hydrogen) atoms.